The molecule has 1 fully saturated rings. The minimum absolute atomic E-state index is 0.314. The summed E-state index contributed by atoms with van der Waals surface area (Å²) in [7, 11) is 2.14. The molecule has 0 spiro atoms. The van der Waals surface area contributed by atoms with Crippen LogP contribution in [-0.2, 0) is 0 Å². The molecule has 3 rings (SSSR count). The largest absolute Gasteiger partial charge is 0.454 e. The zero-order valence-electron chi connectivity index (χ0n) is 10.5. The number of ether oxygens (including phenoxy) is 2. The molecule has 5 heteroatoms. The maximum atomic E-state index is 5.34. The van der Waals surface area contributed by atoms with Gasteiger partial charge in [-0.15, -0.1) is 0 Å². The zero-order chi connectivity index (χ0) is 12.4. The Bertz CT molecular complexity index is 454. The highest BCUT2D eigenvalue weighted by Crippen LogP contribution is 2.31. The lowest BCUT2D eigenvalue weighted by Crippen LogP contribution is -2.41. The monoisotopic (exact) mass is 247 g/mol. The summed E-state index contributed by atoms with van der Waals surface area (Å²) in [6, 6.07) is 5.88. The molecule has 5 nitrogen and oxygen atoms in total. The van der Waals surface area contributed by atoms with Crippen molar-refractivity contribution in [2.45, 2.75) is 0 Å². The summed E-state index contributed by atoms with van der Waals surface area (Å²) in [6.45, 7) is 4.42. The van der Waals surface area contributed by atoms with Gasteiger partial charge in [-0.3, -0.25) is 5.01 Å². The molecule has 0 N–H and O–H groups in total. The Morgan fingerprint density at radius 2 is 1.89 bits per heavy atom. The van der Waals surface area contributed by atoms with E-state index in [0.29, 0.717) is 6.79 Å². The van der Waals surface area contributed by atoms with E-state index in [1.165, 1.54) is 0 Å². The molecule has 0 atom stereocenters. The third-order valence-corrected chi connectivity index (χ3v) is 3.25. The Hall–Kier alpha value is -1.75. The number of piperazine rings is 1. The first-order valence-electron chi connectivity index (χ1n) is 6.18. The van der Waals surface area contributed by atoms with Crippen LogP contribution in [-0.4, -0.2) is 56.1 Å². The van der Waals surface area contributed by atoms with E-state index in [4.69, 9.17) is 9.47 Å². The number of rotatable bonds is 2. The summed E-state index contributed by atoms with van der Waals surface area (Å²) >= 11 is 0. The fourth-order valence-electron chi connectivity index (χ4n) is 2.05. The molecule has 0 radical (unpaired) electrons. The third kappa shape index (κ3) is 2.41. The molecule has 0 saturated carbocycles. The molecule has 0 unspecified atom stereocenters. The first-order chi connectivity index (χ1) is 8.81. The summed E-state index contributed by atoms with van der Waals surface area (Å²) in [6.07, 6.45) is 1.88. The molecule has 1 aromatic rings. The van der Waals surface area contributed by atoms with Gasteiger partial charge in [0.25, 0.3) is 0 Å². The standard InChI is InChI=1S/C13H17N3O2/c1-15-4-6-16(7-5-15)14-9-11-2-3-12-13(8-11)18-10-17-12/h2-3,8-9H,4-7,10H2,1H3. The van der Waals surface area contributed by atoms with Crippen LogP contribution in [0, 0.1) is 0 Å². The summed E-state index contributed by atoms with van der Waals surface area (Å²) in [4.78, 5) is 2.31. The van der Waals surface area contributed by atoms with Gasteiger partial charge in [-0.05, 0) is 30.8 Å². The van der Waals surface area contributed by atoms with Gasteiger partial charge in [0.15, 0.2) is 11.5 Å². The number of hydrazone groups is 1. The Morgan fingerprint density at radius 3 is 2.72 bits per heavy atom. The normalized spacial score (nSPS) is 19.7. The summed E-state index contributed by atoms with van der Waals surface area (Å²) in [5.41, 5.74) is 1.04. The predicted octanol–water partition coefficient (Wildman–Crippen LogP) is 0.997. The topological polar surface area (TPSA) is 37.3 Å². The number of hydrogen-bond donors (Lipinski definition) is 0. The lowest BCUT2D eigenvalue weighted by atomic mass is 10.2. The Balaban J connectivity index is 1.65. The lowest BCUT2D eigenvalue weighted by Gasteiger charge is -2.30. The molecule has 0 aliphatic carbocycles. The van der Waals surface area contributed by atoms with Gasteiger partial charge >= 0.3 is 0 Å². The quantitative estimate of drug-likeness (QED) is 0.731. The molecular weight excluding hydrogens is 230 g/mol. The van der Waals surface area contributed by atoms with Crippen LogP contribution in [0.25, 0.3) is 0 Å². The van der Waals surface area contributed by atoms with E-state index >= 15 is 0 Å². The minimum atomic E-state index is 0.314. The van der Waals surface area contributed by atoms with Crippen LogP contribution in [0.5, 0.6) is 11.5 Å². The van der Waals surface area contributed by atoms with Crippen molar-refractivity contribution >= 4 is 6.21 Å². The second-order valence-corrected chi connectivity index (χ2v) is 4.61. The van der Waals surface area contributed by atoms with Crippen molar-refractivity contribution in [1.29, 1.82) is 0 Å². The van der Waals surface area contributed by atoms with Gasteiger partial charge in [-0.1, -0.05) is 0 Å². The average Bonchev–Trinajstić information content (AvgIpc) is 2.85. The Labute approximate surface area is 107 Å². The van der Waals surface area contributed by atoms with Crippen LogP contribution < -0.4 is 9.47 Å². The molecular formula is C13H17N3O2. The van der Waals surface area contributed by atoms with E-state index in [-0.39, 0.29) is 0 Å². The van der Waals surface area contributed by atoms with Crippen molar-refractivity contribution in [3.8, 4) is 11.5 Å². The fraction of sp³-hybridized carbons (Fsp3) is 0.462. The van der Waals surface area contributed by atoms with Crippen LogP contribution in [0.2, 0.25) is 0 Å². The van der Waals surface area contributed by atoms with Crippen molar-refractivity contribution in [2.75, 3.05) is 40.0 Å². The van der Waals surface area contributed by atoms with Crippen molar-refractivity contribution in [1.82, 2.24) is 9.91 Å². The van der Waals surface area contributed by atoms with Gasteiger partial charge in [-0.2, -0.15) is 5.10 Å². The van der Waals surface area contributed by atoms with Crippen molar-refractivity contribution in [3.63, 3.8) is 0 Å². The Kier molecular flexibility index (Phi) is 3.06. The molecule has 0 bridgehead atoms. The maximum Gasteiger partial charge on any atom is 0.231 e. The van der Waals surface area contributed by atoms with E-state index in [2.05, 4.69) is 22.1 Å². The van der Waals surface area contributed by atoms with E-state index < -0.39 is 0 Å². The summed E-state index contributed by atoms with van der Waals surface area (Å²) < 4.78 is 10.6. The van der Waals surface area contributed by atoms with Crippen molar-refractivity contribution in [3.05, 3.63) is 23.8 Å². The van der Waals surface area contributed by atoms with Crippen LogP contribution in [0.1, 0.15) is 5.56 Å². The molecule has 2 aliphatic rings. The number of benzene rings is 1. The van der Waals surface area contributed by atoms with E-state index in [0.717, 1.165) is 43.2 Å². The highest BCUT2D eigenvalue weighted by atomic mass is 16.7. The molecule has 1 saturated heterocycles. The predicted molar refractivity (Wildman–Crippen MR) is 69.2 cm³/mol. The van der Waals surface area contributed by atoms with Crippen LogP contribution in [0.3, 0.4) is 0 Å². The zero-order valence-corrected chi connectivity index (χ0v) is 10.5. The van der Waals surface area contributed by atoms with Gasteiger partial charge < -0.3 is 14.4 Å². The molecule has 96 valence electrons. The van der Waals surface area contributed by atoms with Gasteiger partial charge in [0.2, 0.25) is 6.79 Å². The lowest BCUT2D eigenvalue weighted by molar-refractivity contribution is 0.159. The number of hydrogen-bond acceptors (Lipinski definition) is 5. The van der Waals surface area contributed by atoms with Crippen molar-refractivity contribution < 1.29 is 9.47 Å². The first kappa shape index (κ1) is 11.3. The molecule has 18 heavy (non-hydrogen) atoms. The summed E-state index contributed by atoms with van der Waals surface area (Å²) in [5, 5.41) is 6.60. The SMILES string of the molecule is CN1CCN(N=Cc2ccc3c(c2)OCO3)CC1. The molecule has 1 aromatic carbocycles. The highest BCUT2D eigenvalue weighted by molar-refractivity contribution is 5.80. The van der Waals surface area contributed by atoms with Gasteiger partial charge in [0.1, 0.15) is 0 Å². The van der Waals surface area contributed by atoms with Crippen molar-refractivity contribution in [2.24, 2.45) is 5.10 Å². The molecule has 0 aromatic heterocycles. The second kappa shape index (κ2) is 4.86. The molecule has 2 heterocycles. The summed E-state index contributed by atoms with van der Waals surface area (Å²) in [5.74, 6) is 1.61. The van der Waals surface area contributed by atoms with Gasteiger partial charge in [0, 0.05) is 26.2 Å². The smallest absolute Gasteiger partial charge is 0.231 e. The highest BCUT2D eigenvalue weighted by Gasteiger charge is 2.13. The number of fused-ring (bicyclic) bond motifs is 1. The number of likely N-dealkylation sites (N-methyl/N-ethyl adjacent to an activating group) is 1. The van der Waals surface area contributed by atoms with Gasteiger partial charge in [-0.25, -0.2) is 0 Å². The fourth-order valence-corrected chi connectivity index (χ4v) is 2.05. The van der Waals surface area contributed by atoms with Crippen LogP contribution >= 0.6 is 0 Å². The van der Waals surface area contributed by atoms with E-state index in [1.54, 1.807) is 0 Å². The van der Waals surface area contributed by atoms with Crippen LogP contribution in [0.4, 0.5) is 0 Å². The molecule has 2 aliphatic heterocycles. The second-order valence-electron chi connectivity index (χ2n) is 4.61. The maximum absolute atomic E-state index is 5.34. The third-order valence-electron chi connectivity index (χ3n) is 3.25. The van der Waals surface area contributed by atoms with Gasteiger partial charge in [0.05, 0.1) is 6.21 Å². The molecule has 0 amide bonds. The minimum Gasteiger partial charge on any atom is -0.454 e. The number of nitrogens with zero attached hydrogens (tertiary/aromatic N) is 3. The van der Waals surface area contributed by atoms with E-state index in [9.17, 15) is 0 Å². The Morgan fingerprint density at radius 1 is 1.11 bits per heavy atom. The van der Waals surface area contributed by atoms with E-state index in [1.807, 2.05) is 24.4 Å². The first-order valence-corrected chi connectivity index (χ1v) is 6.18. The average molecular weight is 247 g/mol. The van der Waals surface area contributed by atoms with Crippen LogP contribution in [0.15, 0.2) is 23.3 Å².